The molecule has 3 aliphatic rings. The zero-order chi connectivity index (χ0) is 31.2. The first-order valence-electron chi connectivity index (χ1n) is 16.3. The number of carbonyl (C=O) groups excluding carboxylic acids is 1. The number of benzene rings is 3. The highest BCUT2D eigenvalue weighted by Gasteiger charge is 2.36. The minimum Gasteiger partial charge on any atom is -0.497 e. The number of anilines is 2. The summed E-state index contributed by atoms with van der Waals surface area (Å²) in [6, 6.07) is 24.9. The van der Waals surface area contributed by atoms with E-state index in [0.29, 0.717) is 13.0 Å². The summed E-state index contributed by atoms with van der Waals surface area (Å²) in [6.45, 7) is 8.58. The van der Waals surface area contributed by atoms with Crippen LogP contribution >= 0.6 is 0 Å². The van der Waals surface area contributed by atoms with Crippen molar-refractivity contribution in [1.82, 2.24) is 20.0 Å². The van der Waals surface area contributed by atoms with Gasteiger partial charge < -0.3 is 29.7 Å². The molecule has 0 radical (unpaired) electrons. The van der Waals surface area contributed by atoms with Crippen LogP contribution in [0.2, 0.25) is 0 Å². The van der Waals surface area contributed by atoms with Gasteiger partial charge in [-0.3, -0.25) is 9.69 Å². The molecule has 2 saturated heterocycles. The molecule has 0 aromatic heterocycles. The first kappa shape index (κ1) is 30.9. The molecule has 0 bridgehead atoms. The second-order valence-electron chi connectivity index (χ2n) is 12.5. The summed E-state index contributed by atoms with van der Waals surface area (Å²) in [4.78, 5) is 30.9. The summed E-state index contributed by atoms with van der Waals surface area (Å²) in [6.07, 6.45) is 2.81. The average Bonchev–Trinajstić information content (AvgIpc) is 3.62. The predicted octanol–water partition coefficient (Wildman–Crippen LogP) is 4.73. The lowest BCUT2D eigenvalue weighted by Gasteiger charge is -2.45. The van der Waals surface area contributed by atoms with Gasteiger partial charge in [-0.2, -0.15) is 0 Å². The Bertz CT molecular complexity index is 1440. The van der Waals surface area contributed by atoms with E-state index in [9.17, 15) is 4.79 Å². The molecule has 1 atom stereocenters. The minimum atomic E-state index is -0.186. The molecule has 9 nitrogen and oxygen atoms in total. The smallest absolute Gasteiger partial charge is 0.222 e. The fourth-order valence-corrected chi connectivity index (χ4v) is 6.54. The van der Waals surface area contributed by atoms with E-state index in [2.05, 4.69) is 86.4 Å². The standard InChI is InChI=1S/C36H47N7O2/c1-39(2)20-21-40-22-24-42(25-23-40)36-38-33-9-5-4-8-32(33)34(26-35(44)37-27-28-10-16-31(45-3)17-11-28)43(36)30-14-12-29(13-15-30)41-18-6-7-19-41/h4-5,8-17,34H,6-7,18-27H2,1-3H3,(H,37,44). The molecule has 3 aromatic rings. The van der Waals surface area contributed by atoms with Crippen molar-refractivity contribution < 1.29 is 9.53 Å². The number of rotatable bonds is 10. The number of piperazine rings is 1. The topological polar surface area (TPSA) is 66.9 Å². The van der Waals surface area contributed by atoms with Crippen molar-refractivity contribution in [3.05, 3.63) is 83.9 Å². The molecule has 3 aromatic carbocycles. The minimum absolute atomic E-state index is 0.0130. The summed E-state index contributed by atoms with van der Waals surface area (Å²) in [7, 11) is 5.92. The number of likely N-dealkylation sites (N-methyl/N-ethyl adjacent to an activating group) is 1. The molecule has 0 spiro atoms. The SMILES string of the molecule is COc1ccc(CNC(=O)CC2c3ccccc3N=C(N3CCN(CCN(C)C)CC3)N2c2ccc(N3CCCC3)cc2)cc1. The van der Waals surface area contributed by atoms with Gasteiger partial charge in [-0.05, 0) is 75.0 Å². The summed E-state index contributed by atoms with van der Waals surface area (Å²) >= 11 is 0. The predicted molar refractivity (Wildman–Crippen MR) is 183 cm³/mol. The molecular formula is C36H47N7O2. The van der Waals surface area contributed by atoms with Crippen molar-refractivity contribution >= 4 is 28.9 Å². The monoisotopic (exact) mass is 609 g/mol. The Morgan fingerprint density at radius 1 is 0.867 bits per heavy atom. The highest BCUT2D eigenvalue weighted by Crippen LogP contribution is 2.41. The molecule has 1 N–H and O–H groups in total. The maximum absolute atomic E-state index is 13.6. The van der Waals surface area contributed by atoms with E-state index >= 15 is 0 Å². The highest BCUT2D eigenvalue weighted by atomic mass is 16.5. The van der Waals surface area contributed by atoms with Crippen molar-refractivity contribution in [2.45, 2.75) is 31.8 Å². The van der Waals surface area contributed by atoms with Crippen LogP contribution in [-0.4, -0.2) is 100 Å². The molecule has 9 heteroatoms. The lowest BCUT2D eigenvalue weighted by atomic mass is 9.97. The van der Waals surface area contributed by atoms with Crippen LogP contribution in [0, 0.1) is 0 Å². The number of carbonyl (C=O) groups is 1. The van der Waals surface area contributed by atoms with Gasteiger partial charge in [-0.1, -0.05) is 30.3 Å². The van der Waals surface area contributed by atoms with E-state index in [-0.39, 0.29) is 11.9 Å². The van der Waals surface area contributed by atoms with Gasteiger partial charge >= 0.3 is 0 Å². The third-order valence-electron chi connectivity index (χ3n) is 9.19. The second kappa shape index (κ2) is 14.3. The van der Waals surface area contributed by atoms with Crippen molar-refractivity contribution in [1.29, 1.82) is 0 Å². The third-order valence-corrected chi connectivity index (χ3v) is 9.19. The first-order valence-corrected chi connectivity index (χ1v) is 16.3. The quantitative estimate of drug-likeness (QED) is 0.357. The lowest BCUT2D eigenvalue weighted by Crippen LogP contribution is -2.56. The number of fused-ring (bicyclic) bond motifs is 1. The fraction of sp³-hybridized carbons (Fsp3) is 0.444. The molecule has 45 heavy (non-hydrogen) atoms. The number of ether oxygens (including phenoxy) is 1. The van der Waals surface area contributed by atoms with Gasteiger partial charge in [0.2, 0.25) is 11.9 Å². The number of methoxy groups -OCH3 is 1. The van der Waals surface area contributed by atoms with E-state index in [1.165, 1.54) is 18.5 Å². The number of nitrogens with one attached hydrogen (secondary N) is 1. The van der Waals surface area contributed by atoms with Crippen molar-refractivity contribution in [2.75, 3.05) is 83.4 Å². The molecule has 0 aliphatic carbocycles. The summed E-state index contributed by atoms with van der Waals surface area (Å²) in [5, 5.41) is 3.18. The Hall–Kier alpha value is -4.08. The van der Waals surface area contributed by atoms with E-state index in [4.69, 9.17) is 9.73 Å². The van der Waals surface area contributed by atoms with Crippen LogP contribution in [0.25, 0.3) is 0 Å². The zero-order valence-corrected chi connectivity index (χ0v) is 27.0. The van der Waals surface area contributed by atoms with Crippen LogP contribution in [0.4, 0.5) is 17.1 Å². The zero-order valence-electron chi connectivity index (χ0n) is 27.0. The number of para-hydroxylation sites is 1. The number of amides is 1. The molecule has 1 unspecified atom stereocenters. The summed E-state index contributed by atoms with van der Waals surface area (Å²) in [5.74, 6) is 1.75. The number of nitrogens with zero attached hydrogens (tertiary/aromatic N) is 6. The van der Waals surface area contributed by atoms with Crippen molar-refractivity contribution in [3.8, 4) is 5.75 Å². The van der Waals surface area contributed by atoms with Crippen LogP contribution < -0.4 is 19.9 Å². The molecule has 2 fully saturated rings. The van der Waals surface area contributed by atoms with E-state index in [1.807, 2.05) is 30.3 Å². The molecule has 1 amide bonds. The van der Waals surface area contributed by atoms with Crippen LogP contribution in [0.5, 0.6) is 5.75 Å². The molecule has 238 valence electrons. The normalized spacial score (nSPS) is 18.6. The van der Waals surface area contributed by atoms with Gasteiger partial charge in [-0.15, -0.1) is 0 Å². The van der Waals surface area contributed by atoms with Crippen LogP contribution in [0.1, 0.15) is 36.4 Å². The maximum Gasteiger partial charge on any atom is 0.222 e. The largest absolute Gasteiger partial charge is 0.497 e. The maximum atomic E-state index is 13.6. The lowest BCUT2D eigenvalue weighted by molar-refractivity contribution is -0.121. The Balaban J connectivity index is 1.27. The van der Waals surface area contributed by atoms with E-state index < -0.39 is 0 Å². The fourth-order valence-electron chi connectivity index (χ4n) is 6.54. The number of aliphatic imine (C=N–C) groups is 1. The Kier molecular flexibility index (Phi) is 9.86. The third kappa shape index (κ3) is 7.43. The molecular weight excluding hydrogens is 562 g/mol. The molecule has 3 aliphatic heterocycles. The molecule has 3 heterocycles. The van der Waals surface area contributed by atoms with Gasteiger partial charge in [0.25, 0.3) is 0 Å². The summed E-state index contributed by atoms with van der Waals surface area (Å²) in [5.41, 5.74) is 5.39. The van der Waals surface area contributed by atoms with Gasteiger partial charge in [0.1, 0.15) is 5.75 Å². The van der Waals surface area contributed by atoms with Gasteiger partial charge in [0.05, 0.1) is 25.3 Å². The first-order chi connectivity index (χ1) is 22.0. The van der Waals surface area contributed by atoms with Gasteiger partial charge in [0.15, 0.2) is 0 Å². The van der Waals surface area contributed by atoms with E-state index in [1.54, 1.807) is 7.11 Å². The van der Waals surface area contributed by atoms with Gasteiger partial charge in [-0.25, -0.2) is 4.99 Å². The molecule has 6 rings (SSSR count). The summed E-state index contributed by atoms with van der Waals surface area (Å²) < 4.78 is 5.29. The molecule has 0 saturated carbocycles. The number of guanidine groups is 1. The van der Waals surface area contributed by atoms with Crippen molar-refractivity contribution in [2.24, 2.45) is 4.99 Å². The van der Waals surface area contributed by atoms with E-state index in [0.717, 1.165) is 86.6 Å². The number of hydrogen-bond acceptors (Lipinski definition) is 8. The number of hydrogen-bond donors (Lipinski definition) is 1. The highest BCUT2D eigenvalue weighted by molar-refractivity contribution is 6.01. The average molecular weight is 610 g/mol. The van der Waals surface area contributed by atoms with Crippen LogP contribution in [0.15, 0.2) is 77.8 Å². The second-order valence-corrected chi connectivity index (χ2v) is 12.5. The Morgan fingerprint density at radius 3 is 2.24 bits per heavy atom. The Morgan fingerprint density at radius 2 is 1.56 bits per heavy atom. The van der Waals surface area contributed by atoms with Gasteiger partial charge in [0, 0.05) is 75.8 Å². The van der Waals surface area contributed by atoms with Crippen molar-refractivity contribution in [3.63, 3.8) is 0 Å². The Labute approximate surface area is 268 Å². The van der Waals surface area contributed by atoms with Crippen LogP contribution in [0.3, 0.4) is 0 Å². The van der Waals surface area contributed by atoms with Crippen LogP contribution in [-0.2, 0) is 11.3 Å².